The van der Waals surface area contributed by atoms with Crippen molar-refractivity contribution in [3.8, 4) is 0 Å². The van der Waals surface area contributed by atoms with E-state index in [-0.39, 0.29) is 26.8 Å². The number of nitrogens with two attached hydrogens (primary N) is 1. The molecule has 0 radical (unpaired) electrons. The summed E-state index contributed by atoms with van der Waals surface area (Å²) in [4.78, 5) is 11.4. The van der Waals surface area contributed by atoms with Crippen molar-refractivity contribution in [3.05, 3.63) is 83.4 Å². The number of aromatic nitrogens is 3. The minimum atomic E-state index is -4.01. The van der Waals surface area contributed by atoms with E-state index < -0.39 is 9.84 Å². The number of anilines is 2. The number of hydrogen-bond donors (Lipinski definition) is 1. The SMILES string of the molecule is Cc1ccc(S(=O)(=O)c2c(N)n(/N=C/c3ccc(N(C)C)cc3)c3nc4ccccc4nc23)cc1C. The normalized spacial score (nSPS) is 12.1. The Hall–Kier alpha value is -4.24. The van der Waals surface area contributed by atoms with Crippen molar-refractivity contribution in [2.24, 2.45) is 5.10 Å². The zero-order valence-electron chi connectivity index (χ0n) is 20.5. The fraction of sp³-hybridized carbons (Fsp3) is 0.148. The molecule has 9 heteroatoms. The van der Waals surface area contributed by atoms with E-state index >= 15 is 0 Å². The summed E-state index contributed by atoms with van der Waals surface area (Å²) >= 11 is 0. The van der Waals surface area contributed by atoms with Gasteiger partial charge in [-0.05, 0) is 66.9 Å². The van der Waals surface area contributed by atoms with E-state index in [0.29, 0.717) is 11.0 Å². The van der Waals surface area contributed by atoms with Crippen molar-refractivity contribution >= 4 is 49.8 Å². The molecular weight excluding hydrogens is 472 g/mol. The zero-order chi connectivity index (χ0) is 25.6. The molecule has 0 aliphatic heterocycles. The largest absolute Gasteiger partial charge is 0.382 e. The van der Waals surface area contributed by atoms with E-state index in [1.807, 2.05) is 75.3 Å². The van der Waals surface area contributed by atoms with Crippen LogP contribution >= 0.6 is 0 Å². The molecule has 8 nitrogen and oxygen atoms in total. The molecule has 0 amide bonds. The molecule has 2 heterocycles. The summed E-state index contributed by atoms with van der Waals surface area (Å²) in [5.74, 6) is -0.0419. The predicted octanol–water partition coefficient (Wildman–Crippen LogP) is 4.56. The van der Waals surface area contributed by atoms with Gasteiger partial charge in [0.2, 0.25) is 9.84 Å². The Balaban J connectivity index is 1.73. The number of aryl methyl sites for hydroxylation is 2. The molecule has 0 saturated heterocycles. The van der Waals surface area contributed by atoms with Crippen LogP contribution in [0, 0.1) is 13.8 Å². The molecule has 0 aliphatic rings. The maximum absolute atomic E-state index is 13.8. The number of benzene rings is 3. The molecule has 0 spiro atoms. The highest BCUT2D eigenvalue weighted by atomic mass is 32.2. The third kappa shape index (κ3) is 3.97. The number of sulfone groups is 1. The Bertz CT molecular complexity index is 1750. The van der Waals surface area contributed by atoms with Crippen LogP contribution in [0.5, 0.6) is 0 Å². The smallest absolute Gasteiger partial charge is 0.212 e. The topological polar surface area (TPSA) is 106 Å². The van der Waals surface area contributed by atoms with Gasteiger partial charge in [-0.1, -0.05) is 30.3 Å². The summed E-state index contributed by atoms with van der Waals surface area (Å²) in [5, 5.41) is 4.53. The van der Waals surface area contributed by atoms with E-state index in [1.165, 1.54) is 4.68 Å². The monoisotopic (exact) mass is 498 g/mol. The molecule has 5 rings (SSSR count). The molecule has 0 bridgehead atoms. The first kappa shape index (κ1) is 23.5. The van der Waals surface area contributed by atoms with E-state index in [4.69, 9.17) is 5.73 Å². The number of hydrogen-bond acceptors (Lipinski definition) is 7. The van der Waals surface area contributed by atoms with E-state index in [2.05, 4.69) is 15.1 Å². The van der Waals surface area contributed by atoms with Crippen molar-refractivity contribution < 1.29 is 8.42 Å². The highest BCUT2D eigenvalue weighted by Crippen LogP contribution is 2.35. The molecule has 0 atom stereocenters. The first-order valence-electron chi connectivity index (χ1n) is 11.4. The van der Waals surface area contributed by atoms with Crippen molar-refractivity contribution in [2.75, 3.05) is 24.7 Å². The molecule has 2 aromatic heterocycles. The molecule has 0 fully saturated rings. The number of rotatable bonds is 5. The first-order chi connectivity index (χ1) is 17.2. The molecule has 0 aliphatic carbocycles. The van der Waals surface area contributed by atoms with Gasteiger partial charge in [-0.2, -0.15) is 9.78 Å². The highest BCUT2D eigenvalue weighted by molar-refractivity contribution is 7.92. The molecular formula is C27H26N6O2S. The predicted molar refractivity (Wildman–Crippen MR) is 145 cm³/mol. The summed E-state index contributed by atoms with van der Waals surface area (Å²) in [6.45, 7) is 3.81. The number of fused-ring (bicyclic) bond motifs is 2. The van der Waals surface area contributed by atoms with Crippen LogP contribution in [0.4, 0.5) is 11.5 Å². The second-order valence-corrected chi connectivity index (χ2v) is 10.8. The maximum Gasteiger partial charge on any atom is 0.212 e. The second kappa shape index (κ2) is 8.76. The van der Waals surface area contributed by atoms with E-state index in [1.54, 1.807) is 30.5 Å². The fourth-order valence-corrected chi connectivity index (χ4v) is 5.55. The van der Waals surface area contributed by atoms with Gasteiger partial charge in [-0.25, -0.2) is 18.4 Å². The Morgan fingerprint density at radius 2 is 1.58 bits per heavy atom. The Kier molecular flexibility index (Phi) is 5.72. The molecule has 0 unspecified atom stereocenters. The van der Waals surface area contributed by atoms with Gasteiger partial charge >= 0.3 is 0 Å². The van der Waals surface area contributed by atoms with Gasteiger partial charge in [-0.3, -0.25) is 0 Å². The van der Waals surface area contributed by atoms with Crippen molar-refractivity contribution in [3.63, 3.8) is 0 Å². The zero-order valence-corrected chi connectivity index (χ0v) is 21.3. The first-order valence-corrected chi connectivity index (χ1v) is 12.9. The van der Waals surface area contributed by atoms with E-state index in [9.17, 15) is 8.42 Å². The van der Waals surface area contributed by atoms with Crippen molar-refractivity contribution in [1.82, 2.24) is 14.6 Å². The molecule has 3 aromatic carbocycles. The van der Waals surface area contributed by atoms with Crippen molar-refractivity contribution in [1.29, 1.82) is 0 Å². The summed E-state index contributed by atoms with van der Waals surface area (Å²) in [6, 6.07) is 20.1. The van der Waals surface area contributed by atoms with Gasteiger partial charge in [0.1, 0.15) is 16.2 Å². The Morgan fingerprint density at radius 1 is 0.917 bits per heavy atom. The fourth-order valence-electron chi connectivity index (χ4n) is 3.99. The van der Waals surface area contributed by atoms with Gasteiger partial charge in [0.15, 0.2) is 5.65 Å². The lowest BCUT2D eigenvalue weighted by atomic mass is 10.1. The van der Waals surface area contributed by atoms with Gasteiger partial charge in [0, 0.05) is 19.8 Å². The van der Waals surface area contributed by atoms with Crippen molar-refractivity contribution in [2.45, 2.75) is 23.6 Å². The van der Waals surface area contributed by atoms with Crippen LogP contribution in [-0.2, 0) is 9.84 Å². The minimum absolute atomic E-state index is 0.0419. The third-order valence-corrected chi connectivity index (χ3v) is 8.03. The quantitative estimate of drug-likeness (QED) is 0.356. The van der Waals surface area contributed by atoms with Gasteiger partial charge in [-0.15, -0.1) is 0 Å². The molecule has 2 N–H and O–H groups in total. The summed E-state index contributed by atoms with van der Waals surface area (Å²) in [5.41, 5.74) is 11.9. The Labute approximate surface area is 209 Å². The maximum atomic E-state index is 13.8. The van der Waals surface area contributed by atoms with Crippen LogP contribution in [0.2, 0.25) is 0 Å². The summed E-state index contributed by atoms with van der Waals surface area (Å²) in [6.07, 6.45) is 1.62. The third-order valence-electron chi connectivity index (χ3n) is 6.22. The van der Waals surface area contributed by atoms with E-state index in [0.717, 1.165) is 22.4 Å². The standard InChI is InChI=1S/C27H26N6O2S/c1-17-9-14-21(15-18(17)2)36(34,35)25-24-27(31-23-8-6-5-7-22(23)30-24)33(26(25)28)29-16-19-10-12-20(13-11-19)32(3)4/h5-16H,28H2,1-4H3/b29-16+. The molecule has 5 aromatic rings. The van der Waals surface area contributed by atoms with Crippen LogP contribution in [0.15, 0.2) is 81.6 Å². The van der Waals surface area contributed by atoms with Crippen LogP contribution < -0.4 is 10.6 Å². The molecule has 0 saturated carbocycles. The van der Waals surface area contributed by atoms with Crippen LogP contribution in [-0.4, -0.2) is 43.4 Å². The second-order valence-electron chi connectivity index (χ2n) is 8.89. The minimum Gasteiger partial charge on any atom is -0.382 e. The molecule has 182 valence electrons. The highest BCUT2D eigenvalue weighted by Gasteiger charge is 2.30. The van der Waals surface area contributed by atoms with Gasteiger partial charge < -0.3 is 10.6 Å². The lowest BCUT2D eigenvalue weighted by Gasteiger charge is -2.11. The lowest BCUT2D eigenvalue weighted by Crippen LogP contribution is -2.08. The van der Waals surface area contributed by atoms with Crippen LogP contribution in [0.3, 0.4) is 0 Å². The number of nitrogen functional groups attached to an aromatic ring is 1. The lowest BCUT2D eigenvalue weighted by molar-refractivity contribution is 0.597. The van der Waals surface area contributed by atoms with Gasteiger partial charge in [0.25, 0.3) is 0 Å². The number of nitrogens with zero attached hydrogens (tertiary/aromatic N) is 5. The molecule has 36 heavy (non-hydrogen) atoms. The summed E-state index contributed by atoms with van der Waals surface area (Å²) < 4.78 is 29.0. The van der Waals surface area contributed by atoms with Crippen LogP contribution in [0.1, 0.15) is 16.7 Å². The summed E-state index contributed by atoms with van der Waals surface area (Å²) in [7, 11) is -0.0721. The Morgan fingerprint density at radius 3 is 2.22 bits per heavy atom. The average Bonchev–Trinajstić information content (AvgIpc) is 3.13. The number of para-hydroxylation sites is 2. The van der Waals surface area contributed by atoms with Crippen LogP contribution in [0.25, 0.3) is 22.2 Å². The van der Waals surface area contributed by atoms with Gasteiger partial charge in [0.05, 0.1) is 22.1 Å². The average molecular weight is 499 g/mol.